The highest BCUT2D eigenvalue weighted by Crippen LogP contribution is 2.28. The SMILES string of the molecule is N#CC(=Cc1cccn1-c1ccc(Cl)c([N+](=O)[O-])c1)C(=O)Nc1nnc(Cc2ccccc2)s1. The van der Waals surface area contributed by atoms with Crippen LogP contribution in [0.3, 0.4) is 0 Å². The van der Waals surface area contributed by atoms with Gasteiger partial charge in [-0.25, -0.2) is 0 Å². The monoisotopic (exact) mass is 490 g/mol. The molecule has 34 heavy (non-hydrogen) atoms. The van der Waals surface area contributed by atoms with Gasteiger partial charge in [-0.1, -0.05) is 53.3 Å². The van der Waals surface area contributed by atoms with Crippen LogP contribution in [0.2, 0.25) is 5.02 Å². The highest BCUT2D eigenvalue weighted by molar-refractivity contribution is 7.15. The Bertz CT molecular complexity index is 1440. The molecule has 0 bridgehead atoms. The molecule has 0 aliphatic rings. The van der Waals surface area contributed by atoms with Gasteiger partial charge in [0.2, 0.25) is 5.13 Å². The minimum atomic E-state index is -0.639. The molecule has 2 aromatic heterocycles. The molecule has 2 heterocycles. The normalized spacial score (nSPS) is 11.1. The Morgan fingerprint density at radius 3 is 2.74 bits per heavy atom. The number of halogens is 1. The third-order valence-electron chi connectivity index (χ3n) is 4.73. The maximum absolute atomic E-state index is 12.7. The van der Waals surface area contributed by atoms with Gasteiger partial charge in [0.25, 0.3) is 11.6 Å². The van der Waals surface area contributed by atoms with Crippen LogP contribution in [-0.4, -0.2) is 25.6 Å². The number of nitro groups is 1. The summed E-state index contributed by atoms with van der Waals surface area (Å²) in [6, 6.07) is 19.3. The molecule has 0 spiro atoms. The fourth-order valence-corrected chi connectivity index (χ4v) is 4.10. The van der Waals surface area contributed by atoms with Gasteiger partial charge in [0.05, 0.1) is 10.6 Å². The first-order chi connectivity index (χ1) is 16.4. The standard InChI is InChI=1S/C23H15ClN6O3S/c24-19-9-8-18(13-20(19)30(32)33)29-10-4-7-17(29)12-16(14-25)22(31)26-23-28-27-21(34-23)11-15-5-2-1-3-6-15/h1-10,12-13H,11H2,(H,26,28,31). The number of nitrogens with one attached hydrogen (secondary N) is 1. The van der Waals surface area contributed by atoms with Crippen LogP contribution >= 0.6 is 22.9 Å². The molecular weight excluding hydrogens is 476 g/mol. The lowest BCUT2D eigenvalue weighted by Crippen LogP contribution is -2.13. The first-order valence-electron chi connectivity index (χ1n) is 9.85. The summed E-state index contributed by atoms with van der Waals surface area (Å²) in [5.41, 5.74) is 1.59. The zero-order valence-electron chi connectivity index (χ0n) is 17.4. The second-order valence-corrected chi connectivity index (χ2v) is 8.45. The van der Waals surface area contributed by atoms with Gasteiger partial charge in [-0.2, -0.15) is 5.26 Å². The van der Waals surface area contributed by atoms with E-state index in [2.05, 4.69) is 15.5 Å². The summed E-state index contributed by atoms with van der Waals surface area (Å²) >= 11 is 7.12. The number of aromatic nitrogens is 3. The Balaban J connectivity index is 1.53. The number of nitrogens with zero attached hydrogens (tertiary/aromatic N) is 5. The van der Waals surface area contributed by atoms with Crippen LogP contribution in [-0.2, 0) is 11.2 Å². The molecule has 4 aromatic rings. The van der Waals surface area contributed by atoms with Crippen LogP contribution in [0, 0.1) is 21.4 Å². The van der Waals surface area contributed by atoms with Gasteiger partial charge in [-0.05, 0) is 35.9 Å². The van der Waals surface area contributed by atoms with Gasteiger partial charge < -0.3 is 4.57 Å². The number of carbonyl (C=O) groups is 1. The second-order valence-electron chi connectivity index (χ2n) is 6.98. The summed E-state index contributed by atoms with van der Waals surface area (Å²) in [4.78, 5) is 23.3. The number of nitro benzene ring substituents is 1. The van der Waals surface area contributed by atoms with Gasteiger partial charge in [-0.3, -0.25) is 20.2 Å². The van der Waals surface area contributed by atoms with Crippen LogP contribution in [0.1, 0.15) is 16.3 Å². The predicted molar refractivity (Wildman–Crippen MR) is 129 cm³/mol. The first-order valence-corrected chi connectivity index (χ1v) is 11.0. The van der Waals surface area contributed by atoms with Crippen molar-refractivity contribution in [2.24, 2.45) is 0 Å². The smallest absolute Gasteiger partial charge is 0.289 e. The number of amides is 1. The summed E-state index contributed by atoms with van der Waals surface area (Å²) in [7, 11) is 0. The lowest BCUT2D eigenvalue weighted by molar-refractivity contribution is -0.384. The number of carbonyl (C=O) groups excluding carboxylic acids is 1. The molecule has 0 aliphatic heterocycles. The largest absolute Gasteiger partial charge is 0.317 e. The van der Waals surface area contributed by atoms with Crippen LogP contribution in [0.4, 0.5) is 10.8 Å². The summed E-state index contributed by atoms with van der Waals surface area (Å²) in [6.07, 6.45) is 3.63. The van der Waals surface area contributed by atoms with E-state index in [-0.39, 0.29) is 21.4 Å². The number of hydrogen-bond donors (Lipinski definition) is 1. The molecular formula is C23H15ClN6O3S. The van der Waals surface area contributed by atoms with Crippen LogP contribution in [0.25, 0.3) is 11.8 Å². The predicted octanol–water partition coefficient (Wildman–Crippen LogP) is 5.03. The Labute approximate surface area is 202 Å². The zero-order valence-corrected chi connectivity index (χ0v) is 19.0. The van der Waals surface area contributed by atoms with E-state index < -0.39 is 10.8 Å². The summed E-state index contributed by atoms with van der Waals surface area (Å²) in [5.74, 6) is -0.639. The molecule has 11 heteroatoms. The molecule has 0 atom stereocenters. The topological polar surface area (TPSA) is 127 Å². The minimum absolute atomic E-state index is 0.0128. The van der Waals surface area contributed by atoms with Crippen molar-refractivity contribution in [1.29, 1.82) is 5.26 Å². The van der Waals surface area contributed by atoms with E-state index >= 15 is 0 Å². The summed E-state index contributed by atoms with van der Waals surface area (Å²) in [6.45, 7) is 0. The average Bonchev–Trinajstić information content (AvgIpc) is 3.47. The number of rotatable bonds is 7. The van der Waals surface area contributed by atoms with Crippen LogP contribution in [0.15, 0.2) is 72.4 Å². The number of hydrogen-bond acceptors (Lipinski definition) is 7. The van der Waals surface area contributed by atoms with Crippen molar-refractivity contribution in [1.82, 2.24) is 14.8 Å². The van der Waals surface area contributed by atoms with Crippen LogP contribution < -0.4 is 5.32 Å². The zero-order chi connectivity index (χ0) is 24.1. The molecule has 9 nitrogen and oxygen atoms in total. The molecule has 4 rings (SSSR count). The number of nitriles is 1. The van der Waals surface area contributed by atoms with Crippen molar-refractivity contribution in [2.75, 3.05) is 5.32 Å². The third kappa shape index (κ3) is 5.17. The molecule has 0 aliphatic carbocycles. The van der Waals surface area contributed by atoms with Gasteiger partial charge in [0, 0.05) is 24.4 Å². The molecule has 0 saturated heterocycles. The number of benzene rings is 2. The van der Waals surface area contributed by atoms with Crippen molar-refractivity contribution in [2.45, 2.75) is 6.42 Å². The molecule has 2 aromatic carbocycles. The van der Waals surface area contributed by atoms with Crippen molar-refractivity contribution in [3.05, 3.63) is 104 Å². The molecule has 0 radical (unpaired) electrons. The molecule has 0 fully saturated rings. The Morgan fingerprint density at radius 1 is 1.21 bits per heavy atom. The maximum Gasteiger partial charge on any atom is 0.289 e. The Morgan fingerprint density at radius 2 is 2.00 bits per heavy atom. The van der Waals surface area contributed by atoms with Gasteiger partial charge in [-0.15, -0.1) is 10.2 Å². The molecule has 0 saturated carbocycles. The fraction of sp³-hybridized carbons (Fsp3) is 0.0435. The quantitative estimate of drug-likeness (QED) is 0.167. The lowest BCUT2D eigenvalue weighted by atomic mass is 10.2. The molecule has 1 N–H and O–H groups in total. The maximum atomic E-state index is 12.7. The van der Waals surface area contributed by atoms with Gasteiger partial charge in [0.15, 0.2) is 0 Å². The lowest BCUT2D eigenvalue weighted by Gasteiger charge is -2.08. The minimum Gasteiger partial charge on any atom is -0.317 e. The first kappa shape index (κ1) is 22.8. The Kier molecular flexibility index (Phi) is 6.77. The van der Waals surface area contributed by atoms with Crippen molar-refractivity contribution in [3.8, 4) is 11.8 Å². The molecule has 0 unspecified atom stereocenters. The highest BCUT2D eigenvalue weighted by atomic mass is 35.5. The molecule has 168 valence electrons. The van der Waals surface area contributed by atoms with Crippen molar-refractivity contribution in [3.63, 3.8) is 0 Å². The van der Waals surface area contributed by atoms with E-state index in [1.165, 1.54) is 29.5 Å². The second kappa shape index (κ2) is 10.1. The summed E-state index contributed by atoms with van der Waals surface area (Å²) < 4.78 is 1.61. The fourth-order valence-electron chi connectivity index (χ4n) is 3.14. The number of anilines is 1. The van der Waals surface area contributed by atoms with E-state index in [4.69, 9.17) is 11.6 Å². The summed E-state index contributed by atoms with van der Waals surface area (Å²) in [5, 5.41) is 32.5. The highest BCUT2D eigenvalue weighted by Gasteiger charge is 2.16. The average molecular weight is 491 g/mol. The van der Waals surface area contributed by atoms with E-state index in [1.807, 2.05) is 36.4 Å². The van der Waals surface area contributed by atoms with Crippen molar-refractivity contribution < 1.29 is 9.72 Å². The van der Waals surface area contributed by atoms with E-state index in [0.29, 0.717) is 17.8 Å². The van der Waals surface area contributed by atoms with Crippen molar-refractivity contribution >= 4 is 45.7 Å². The van der Waals surface area contributed by atoms with Crippen LogP contribution in [0.5, 0.6) is 0 Å². The van der Waals surface area contributed by atoms with E-state index in [1.54, 1.807) is 29.0 Å². The van der Waals surface area contributed by atoms with E-state index in [0.717, 1.165) is 10.6 Å². The van der Waals surface area contributed by atoms with Gasteiger partial charge >= 0.3 is 0 Å². The Hall–Kier alpha value is -4.33. The van der Waals surface area contributed by atoms with E-state index in [9.17, 15) is 20.2 Å². The van der Waals surface area contributed by atoms with Gasteiger partial charge in [0.1, 0.15) is 21.7 Å². The third-order valence-corrected chi connectivity index (χ3v) is 5.89. The molecule has 1 amide bonds.